The number of hydrogen-bond acceptors (Lipinski definition) is 2. The van der Waals surface area contributed by atoms with Gasteiger partial charge in [0.25, 0.3) is 0 Å². The summed E-state index contributed by atoms with van der Waals surface area (Å²) < 4.78 is 0. The van der Waals surface area contributed by atoms with Gasteiger partial charge < -0.3 is 0 Å². The fourth-order valence-electron chi connectivity index (χ4n) is 2.94. The van der Waals surface area contributed by atoms with Gasteiger partial charge >= 0.3 is 6.03 Å². The summed E-state index contributed by atoms with van der Waals surface area (Å²) in [5.41, 5.74) is 1.97. The SMILES string of the molecule is CCC1CC(C)C1.Cc1ccc(N2CCC(=O)NC2=O)cc1. The van der Waals surface area contributed by atoms with Crippen molar-refractivity contribution >= 4 is 17.6 Å². The standard InChI is InChI=1S/C11H12N2O2.C7H14/c1-8-2-4-9(5-3-8)13-7-6-10(14)12-11(13)15;1-3-7-4-6(2)5-7/h2-5H,6-7H2,1H3,(H,12,14,15);6-7H,3-5H2,1-2H3. The van der Waals surface area contributed by atoms with Crippen molar-refractivity contribution in [2.24, 2.45) is 11.8 Å². The molecule has 1 aliphatic heterocycles. The minimum absolute atomic E-state index is 0.205. The van der Waals surface area contributed by atoms with E-state index >= 15 is 0 Å². The Hall–Kier alpha value is -1.84. The summed E-state index contributed by atoms with van der Waals surface area (Å²) >= 11 is 0. The smallest absolute Gasteiger partial charge is 0.294 e. The Labute approximate surface area is 132 Å². The van der Waals surface area contributed by atoms with Crippen molar-refractivity contribution < 1.29 is 9.59 Å². The summed E-state index contributed by atoms with van der Waals surface area (Å²) in [6.45, 7) is 7.07. The lowest BCUT2D eigenvalue weighted by Gasteiger charge is -2.31. The lowest BCUT2D eigenvalue weighted by Crippen LogP contribution is -2.49. The number of nitrogens with zero attached hydrogens (tertiary/aromatic N) is 1. The molecule has 0 bridgehead atoms. The molecule has 4 heteroatoms. The molecule has 1 N–H and O–H groups in total. The molecule has 22 heavy (non-hydrogen) atoms. The van der Waals surface area contributed by atoms with Crippen molar-refractivity contribution in [3.63, 3.8) is 0 Å². The van der Waals surface area contributed by atoms with Gasteiger partial charge in [0.15, 0.2) is 0 Å². The first-order valence-electron chi connectivity index (χ1n) is 8.17. The van der Waals surface area contributed by atoms with Crippen molar-refractivity contribution in [1.82, 2.24) is 5.32 Å². The summed E-state index contributed by atoms with van der Waals surface area (Å²) in [4.78, 5) is 24.0. The molecule has 1 aromatic rings. The van der Waals surface area contributed by atoms with E-state index in [4.69, 9.17) is 0 Å². The number of benzene rings is 1. The van der Waals surface area contributed by atoms with Crippen LogP contribution in [0.15, 0.2) is 24.3 Å². The van der Waals surface area contributed by atoms with Crippen LogP contribution in [0.5, 0.6) is 0 Å². The molecule has 1 heterocycles. The molecular weight excluding hydrogens is 276 g/mol. The van der Waals surface area contributed by atoms with Crippen LogP contribution in [0.1, 0.15) is 45.1 Å². The van der Waals surface area contributed by atoms with Gasteiger partial charge in [-0.3, -0.25) is 15.0 Å². The second-order valence-corrected chi connectivity index (χ2v) is 6.44. The van der Waals surface area contributed by atoms with Crippen molar-refractivity contribution in [2.45, 2.75) is 46.5 Å². The monoisotopic (exact) mass is 302 g/mol. The highest BCUT2D eigenvalue weighted by Gasteiger charge is 2.24. The van der Waals surface area contributed by atoms with Crippen LogP contribution in [0.3, 0.4) is 0 Å². The Morgan fingerprint density at radius 3 is 2.27 bits per heavy atom. The molecule has 2 fully saturated rings. The average molecular weight is 302 g/mol. The Kier molecular flexibility index (Phi) is 5.58. The molecule has 3 rings (SSSR count). The summed E-state index contributed by atoms with van der Waals surface area (Å²) in [6.07, 6.45) is 4.76. The zero-order valence-corrected chi connectivity index (χ0v) is 13.8. The first-order chi connectivity index (χ1) is 10.5. The largest absolute Gasteiger partial charge is 0.328 e. The Balaban J connectivity index is 0.000000211. The van der Waals surface area contributed by atoms with E-state index in [0.717, 1.165) is 23.1 Å². The number of nitrogens with one attached hydrogen (secondary N) is 1. The van der Waals surface area contributed by atoms with Crippen molar-refractivity contribution in [2.75, 3.05) is 11.4 Å². The van der Waals surface area contributed by atoms with Gasteiger partial charge in [-0.15, -0.1) is 0 Å². The van der Waals surface area contributed by atoms with Crippen LogP contribution in [-0.2, 0) is 4.79 Å². The number of urea groups is 1. The number of imide groups is 1. The van der Waals surface area contributed by atoms with Crippen LogP contribution >= 0.6 is 0 Å². The molecule has 1 aliphatic carbocycles. The fourth-order valence-corrected chi connectivity index (χ4v) is 2.94. The van der Waals surface area contributed by atoms with E-state index in [-0.39, 0.29) is 11.9 Å². The average Bonchev–Trinajstić information content (AvgIpc) is 2.46. The highest BCUT2D eigenvalue weighted by atomic mass is 16.2. The van der Waals surface area contributed by atoms with E-state index in [1.165, 1.54) is 19.3 Å². The van der Waals surface area contributed by atoms with E-state index in [1.807, 2.05) is 31.2 Å². The quantitative estimate of drug-likeness (QED) is 0.901. The van der Waals surface area contributed by atoms with Crippen LogP contribution < -0.4 is 10.2 Å². The maximum absolute atomic E-state index is 11.5. The lowest BCUT2D eigenvalue weighted by molar-refractivity contribution is -0.120. The maximum Gasteiger partial charge on any atom is 0.328 e. The van der Waals surface area contributed by atoms with Crippen LogP contribution in [0.4, 0.5) is 10.5 Å². The van der Waals surface area contributed by atoms with E-state index in [0.29, 0.717) is 13.0 Å². The topological polar surface area (TPSA) is 49.4 Å². The van der Waals surface area contributed by atoms with Gasteiger partial charge in [-0.25, -0.2) is 4.79 Å². The van der Waals surface area contributed by atoms with E-state index in [1.54, 1.807) is 4.90 Å². The predicted molar refractivity (Wildman–Crippen MR) is 88.9 cm³/mol. The summed E-state index contributed by atoms with van der Waals surface area (Å²) in [5.74, 6) is 1.93. The molecule has 3 amide bonds. The highest BCUT2D eigenvalue weighted by molar-refractivity contribution is 6.05. The second-order valence-electron chi connectivity index (χ2n) is 6.44. The molecular formula is C18H26N2O2. The molecule has 1 saturated carbocycles. The predicted octanol–water partition coefficient (Wildman–Crippen LogP) is 3.88. The lowest BCUT2D eigenvalue weighted by atomic mass is 9.75. The molecule has 0 radical (unpaired) electrons. The number of carbonyl (C=O) groups is 2. The van der Waals surface area contributed by atoms with Crippen molar-refractivity contribution in [3.8, 4) is 0 Å². The molecule has 0 spiro atoms. The van der Waals surface area contributed by atoms with Crippen molar-refractivity contribution in [1.29, 1.82) is 0 Å². The molecule has 0 unspecified atom stereocenters. The number of anilines is 1. The highest BCUT2D eigenvalue weighted by Crippen LogP contribution is 2.34. The zero-order valence-electron chi connectivity index (χ0n) is 13.8. The zero-order chi connectivity index (χ0) is 16.1. The minimum atomic E-state index is -0.338. The second kappa shape index (κ2) is 7.43. The van der Waals surface area contributed by atoms with Crippen LogP contribution in [0.25, 0.3) is 0 Å². The van der Waals surface area contributed by atoms with Gasteiger partial charge in [-0.1, -0.05) is 38.0 Å². The minimum Gasteiger partial charge on any atom is -0.294 e. The molecule has 1 saturated heterocycles. The number of amides is 3. The number of hydrogen-bond donors (Lipinski definition) is 1. The molecule has 4 nitrogen and oxygen atoms in total. The van der Waals surface area contributed by atoms with E-state index < -0.39 is 0 Å². The Bertz CT molecular complexity index is 518. The number of rotatable bonds is 2. The molecule has 120 valence electrons. The first kappa shape index (κ1) is 16.5. The fraction of sp³-hybridized carbons (Fsp3) is 0.556. The Morgan fingerprint density at radius 2 is 1.82 bits per heavy atom. The summed E-state index contributed by atoms with van der Waals surface area (Å²) in [7, 11) is 0. The van der Waals surface area contributed by atoms with Crippen LogP contribution in [0.2, 0.25) is 0 Å². The number of carbonyl (C=O) groups excluding carboxylic acids is 2. The van der Waals surface area contributed by atoms with Gasteiger partial charge in [0.1, 0.15) is 0 Å². The van der Waals surface area contributed by atoms with Gasteiger partial charge in [-0.05, 0) is 43.7 Å². The summed E-state index contributed by atoms with van der Waals surface area (Å²) in [5, 5.41) is 2.29. The summed E-state index contributed by atoms with van der Waals surface area (Å²) in [6, 6.07) is 7.31. The van der Waals surface area contributed by atoms with Gasteiger partial charge in [-0.2, -0.15) is 0 Å². The third-order valence-corrected chi connectivity index (χ3v) is 4.45. The van der Waals surface area contributed by atoms with Crippen molar-refractivity contribution in [3.05, 3.63) is 29.8 Å². The van der Waals surface area contributed by atoms with Gasteiger partial charge in [0.05, 0.1) is 0 Å². The Morgan fingerprint density at radius 1 is 1.18 bits per heavy atom. The third-order valence-electron chi connectivity index (χ3n) is 4.45. The molecule has 0 atom stereocenters. The maximum atomic E-state index is 11.5. The van der Waals surface area contributed by atoms with E-state index in [2.05, 4.69) is 19.2 Å². The van der Waals surface area contributed by atoms with E-state index in [9.17, 15) is 9.59 Å². The number of aryl methyl sites for hydroxylation is 1. The van der Waals surface area contributed by atoms with Crippen LogP contribution in [0, 0.1) is 18.8 Å². The first-order valence-corrected chi connectivity index (χ1v) is 8.17. The van der Waals surface area contributed by atoms with Gasteiger partial charge in [0, 0.05) is 18.7 Å². The molecule has 2 aliphatic rings. The third kappa shape index (κ3) is 4.33. The molecule has 0 aromatic heterocycles. The molecule has 1 aromatic carbocycles. The normalized spacial score (nSPS) is 24.0. The van der Waals surface area contributed by atoms with Gasteiger partial charge in [0.2, 0.25) is 5.91 Å². The van der Waals surface area contributed by atoms with Crippen LogP contribution in [-0.4, -0.2) is 18.5 Å².